The van der Waals surface area contributed by atoms with Crippen molar-refractivity contribution in [3.05, 3.63) is 29.3 Å². The van der Waals surface area contributed by atoms with Gasteiger partial charge in [0.15, 0.2) is 0 Å². The average molecular weight is 517 g/mol. The Morgan fingerprint density at radius 3 is 2.32 bits per heavy atom. The molecule has 2 atom stereocenters. The van der Waals surface area contributed by atoms with Gasteiger partial charge in [0.25, 0.3) is 0 Å². The lowest BCUT2D eigenvalue weighted by atomic mass is 9.94. The molecule has 10 heteroatoms. The lowest BCUT2D eigenvalue weighted by Crippen LogP contribution is -2.55. The van der Waals surface area contributed by atoms with Crippen LogP contribution in [0, 0.1) is 6.92 Å². The molecule has 0 bridgehead atoms. The fourth-order valence-electron chi connectivity index (χ4n) is 4.75. The fraction of sp³-hybridized carbons (Fsp3) is 0.630. The van der Waals surface area contributed by atoms with E-state index in [0.717, 1.165) is 32.1 Å². The topological polar surface area (TPSA) is 151 Å². The minimum absolute atomic E-state index is 0.0202. The summed E-state index contributed by atoms with van der Waals surface area (Å²) >= 11 is 0. The molecule has 204 valence electrons. The summed E-state index contributed by atoms with van der Waals surface area (Å²) in [5, 5.41) is 16.5. The van der Waals surface area contributed by atoms with Crippen LogP contribution in [-0.4, -0.2) is 57.5 Å². The van der Waals surface area contributed by atoms with Crippen molar-refractivity contribution in [2.45, 2.75) is 109 Å². The molecule has 2 aliphatic carbocycles. The van der Waals surface area contributed by atoms with Gasteiger partial charge in [-0.1, -0.05) is 37.5 Å². The van der Waals surface area contributed by atoms with Gasteiger partial charge < -0.3 is 31.1 Å². The maximum atomic E-state index is 14.0. The number of primary amides is 1. The number of carbonyl (C=O) groups excluding carboxylic acids is 4. The Morgan fingerprint density at radius 2 is 1.76 bits per heavy atom. The van der Waals surface area contributed by atoms with Gasteiger partial charge in [0.2, 0.25) is 17.7 Å². The van der Waals surface area contributed by atoms with Crippen LogP contribution in [-0.2, 0) is 19.1 Å². The summed E-state index contributed by atoms with van der Waals surface area (Å²) < 4.78 is 5.29. The molecule has 0 radical (unpaired) electrons. The van der Waals surface area contributed by atoms with Crippen molar-refractivity contribution in [2.24, 2.45) is 5.73 Å². The summed E-state index contributed by atoms with van der Waals surface area (Å²) in [6.45, 7) is 6.76. The number of carbonyl (C=O) groups is 4. The van der Waals surface area contributed by atoms with Crippen molar-refractivity contribution in [3.8, 4) is 5.75 Å². The van der Waals surface area contributed by atoms with Gasteiger partial charge in [-0.3, -0.25) is 14.4 Å². The first-order chi connectivity index (χ1) is 17.4. The average Bonchev–Trinajstić information content (AvgIpc) is 3.63. The summed E-state index contributed by atoms with van der Waals surface area (Å²) in [5.74, 6) is -1.89. The largest absolute Gasteiger partial charge is 0.507 e. The van der Waals surface area contributed by atoms with Crippen LogP contribution in [0.5, 0.6) is 5.75 Å². The van der Waals surface area contributed by atoms with Crippen LogP contribution in [0.4, 0.5) is 4.79 Å². The molecule has 2 aliphatic rings. The van der Waals surface area contributed by atoms with Crippen molar-refractivity contribution >= 4 is 23.8 Å². The van der Waals surface area contributed by atoms with Crippen LogP contribution < -0.4 is 16.4 Å². The highest BCUT2D eigenvalue weighted by molar-refractivity contribution is 5.95. The molecule has 0 saturated heterocycles. The third-order valence-corrected chi connectivity index (χ3v) is 6.63. The molecule has 1 aromatic carbocycles. The summed E-state index contributed by atoms with van der Waals surface area (Å²) in [7, 11) is 0. The minimum Gasteiger partial charge on any atom is -0.507 e. The normalized spacial score (nSPS) is 17.8. The van der Waals surface area contributed by atoms with Gasteiger partial charge in [0.1, 0.15) is 23.4 Å². The number of nitrogens with zero attached hydrogens (tertiary/aromatic N) is 1. The molecule has 37 heavy (non-hydrogen) atoms. The zero-order chi connectivity index (χ0) is 27.3. The molecular formula is C27H40N4O6. The number of aryl methyl sites for hydroxylation is 1. The number of phenols is 1. The predicted molar refractivity (Wildman–Crippen MR) is 137 cm³/mol. The summed E-state index contributed by atoms with van der Waals surface area (Å²) in [4.78, 5) is 53.5. The second-order valence-electron chi connectivity index (χ2n) is 11.1. The Labute approximate surface area is 218 Å². The first kappa shape index (κ1) is 28.3. The monoisotopic (exact) mass is 516 g/mol. The number of hydrogen-bond donors (Lipinski definition) is 4. The highest BCUT2D eigenvalue weighted by Gasteiger charge is 2.45. The number of rotatable bonds is 9. The number of para-hydroxylation sites is 1. The molecule has 2 unspecified atom stereocenters. The van der Waals surface area contributed by atoms with Crippen molar-refractivity contribution in [2.75, 3.05) is 0 Å². The predicted octanol–water partition coefficient (Wildman–Crippen LogP) is 2.95. The molecule has 0 aliphatic heterocycles. The Morgan fingerprint density at radius 1 is 1.11 bits per heavy atom. The Bertz CT molecular complexity index is 1010. The first-order valence-corrected chi connectivity index (χ1v) is 13.1. The van der Waals surface area contributed by atoms with E-state index in [4.69, 9.17) is 10.5 Å². The third kappa shape index (κ3) is 7.84. The third-order valence-electron chi connectivity index (χ3n) is 6.63. The van der Waals surface area contributed by atoms with Crippen molar-refractivity contribution in [1.82, 2.24) is 15.5 Å². The number of aromatic hydroxyl groups is 1. The smallest absolute Gasteiger partial charge is 0.408 e. The summed E-state index contributed by atoms with van der Waals surface area (Å²) in [6, 6.07) is 2.29. The number of ether oxygens (including phenoxy) is 1. The lowest BCUT2D eigenvalue weighted by molar-refractivity contribution is -0.144. The van der Waals surface area contributed by atoms with Crippen molar-refractivity contribution in [1.29, 1.82) is 0 Å². The van der Waals surface area contributed by atoms with Gasteiger partial charge in [-0.15, -0.1) is 0 Å². The lowest BCUT2D eigenvalue weighted by Gasteiger charge is -2.36. The quantitative estimate of drug-likeness (QED) is 0.396. The Balaban J connectivity index is 1.98. The van der Waals surface area contributed by atoms with Crippen LogP contribution >= 0.6 is 0 Å². The second kappa shape index (κ2) is 11.8. The zero-order valence-corrected chi connectivity index (χ0v) is 22.2. The van der Waals surface area contributed by atoms with E-state index >= 15 is 0 Å². The standard InChI is InChI=1S/C27H40N4O6/c1-16-9-8-12-19(23(16)33)22(24(34)29-17-10-6-5-7-11-17)31(18-13-14-18)25(35)20(15-21(28)32)30-26(36)37-27(2,3)4/h8-9,12,17-18,20,22,33H,5-7,10-11,13-15H2,1-4H3,(H2,28,32)(H,29,34)(H,30,36). The van der Waals surface area contributed by atoms with E-state index in [0.29, 0.717) is 24.0 Å². The van der Waals surface area contributed by atoms with E-state index in [2.05, 4.69) is 10.6 Å². The molecule has 0 spiro atoms. The highest BCUT2D eigenvalue weighted by Crippen LogP contribution is 2.39. The van der Waals surface area contributed by atoms with Gasteiger partial charge in [0, 0.05) is 17.6 Å². The van der Waals surface area contributed by atoms with Crippen LogP contribution in [0.15, 0.2) is 18.2 Å². The van der Waals surface area contributed by atoms with Crippen LogP contribution in [0.25, 0.3) is 0 Å². The van der Waals surface area contributed by atoms with E-state index in [-0.39, 0.29) is 17.8 Å². The van der Waals surface area contributed by atoms with Gasteiger partial charge in [0.05, 0.1) is 6.42 Å². The Kier molecular flexibility index (Phi) is 9.04. The number of alkyl carbamates (subject to hydrolysis) is 1. The van der Waals surface area contributed by atoms with E-state index < -0.39 is 47.9 Å². The van der Waals surface area contributed by atoms with Gasteiger partial charge in [-0.2, -0.15) is 0 Å². The second-order valence-corrected chi connectivity index (χ2v) is 11.1. The van der Waals surface area contributed by atoms with Crippen molar-refractivity contribution < 1.29 is 29.0 Å². The van der Waals surface area contributed by atoms with E-state index in [1.165, 1.54) is 4.90 Å². The Hall–Kier alpha value is -3.30. The molecule has 1 aromatic rings. The SMILES string of the molecule is Cc1cccc(C(C(=O)NC2CCCCC2)N(C(=O)C(CC(N)=O)NC(=O)OC(C)(C)C)C2CC2)c1O. The number of nitrogens with one attached hydrogen (secondary N) is 2. The summed E-state index contributed by atoms with van der Waals surface area (Å²) in [6.07, 6.45) is 4.81. The molecule has 0 heterocycles. The molecule has 2 saturated carbocycles. The number of nitrogens with two attached hydrogens (primary N) is 1. The van der Waals surface area contributed by atoms with Gasteiger partial charge in [-0.05, 0) is 58.9 Å². The molecule has 3 rings (SSSR count). The molecule has 4 amide bonds. The maximum absolute atomic E-state index is 14.0. The number of hydrogen-bond acceptors (Lipinski definition) is 6. The molecular weight excluding hydrogens is 476 g/mol. The molecule has 5 N–H and O–H groups in total. The molecule has 0 aromatic heterocycles. The number of benzene rings is 1. The first-order valence-electron chi connectivity index (χ1n) is 13.1. The number of amides is 4. The van der Waals surface area contributed by atoms with E-state index in [1.807, 2.05) is 0 Å². The van der Waals surface area contributed by atoms with E-state index in [9.17, 15) is 24.3 Å². The highest BCUT2D eigenvalue weighted by atomic mass is 16.6. The maximum Gasteiger partial charge on any atom is 0.408 e. The van der Waals surface area contributed by atoms with Crippen LogP contribution in [0.3, 0.4) is 0 Å². The fourth-order valence-corrected chi connectivity index (χ4v) is 4.75. The van der Waals surface area contributed by atoms with Gasteiger partial charge >= 0.3 is 6.09 Å². The number of phenolic OH excluding ortho intramolecular Hbond substituents is 1. The van der Waals surface area contributed by atoms with E-state index in [1.54, 1.807) is 45.9 Å². The van der Waals surface area contributed by atoms with Crippen LogP contribution in [0.1, 0.15) is 89.3 Å². The minimum atomic E-state index is -1.33. The van der Waals surface area contributed by atoms with Crippen LogP contribution in [0.2, 0.25) is 0 Å². The zero-order valence-electron chi connectivity index (χ0n) is 22.2. The van der Waals surface area contributed by atoms with Crippen molar-refractivity contribution in [3.63, 3.8) is 0 Å². The molecule has 2 fully saturated rings. The van der Waals surface area contributed by atoms with Gasteiger partial charge in [-0.25, -0.2) is 4.79 Å². The summed E-state index contributed by atoms with van der Waals surface area (Å²) in [5.41, 5.74) is 5.46. The molecule has 10 nitrogen and oxygen atoms in total.